The molecule has 1 rings (SSSR count). The lowest BCUT2D eigenvalue weighted by Crippen LogP contribution is -2.29. The van der Waals surface area contributed by atoms with Gasteiger partial charge in [-0.1, -0.05) is 0 Å². The van der Waals surface area contributed by atoms with Crippen LogP contribution in [0.1, 0.15) is 26.7 Å². The predicted octanol–water partition coefficient (Wildman–Crippen LogP) is 0.549. The molecule has 0 spiro atoms. The Morgan fingerprint density at radius 1 is 1.42 bits per heavy atom. The van der Waals surface area contributed by atoms with E-state index in [0.717, 1.165) is 12.8 Å². The van der Waals surface area contributed by atoms with Gasteiger partial charge < -0.3 is 5.73 Å². The molecule has 2 N–H and O–H groups in total. The summed E-state index contributed by atoms with van der Waals surface area (Å²) in [5.74, 6) is 0.286. The standard InChI is InChI=1S/C8H17NO2S/c1-7(2)12(10,11)6-8(5-9)3-4-8/h7H,3-6,9H2,1-2H3. The van der Waals surface area contributed by atoms with Gasteiger partial charge in [-0.2, -0.15) is 0 Å². The van der Waals surface area contributed by atoms with E-state index >= 15 is 0 Å². The Balaban J connectivity index is 2.62. The van der Waals surface area contributed by atoms with Crippen LogP contribution in [-0.4, -0.2) is 26.0 Å². The predicted molar refractivity (Wildman–Crippen MR) is 49.6 cm³/mol. The fourth-order valence-corrected chi connectivity index (χ4v) is 2.77. The van der Waals surface area contributed by atoms with E-state index in [9.17, 15) is 8.42 Å². The van der Waals surface area contributed by atoms with Crippen LogP contribution >= 0.6 is 0 Å². The minimum absolute atomic E-state index is 0.0525. The number of hydrogen-bond acceptors (Lipinski definition) is 3. The molecule has 1 fully saturated rings. The van der Waals surface area contributed by atoms with Gasteiger partial charge in [0.05, 0.1) is 11.0 Å². The average Bonchev–Trinajstić information content (AvgIpc) is 2.68. The van der Waals surface area contributed by atoms with Crippen molar-refractivity contribution in [2.75, 3.05) is 12.3 Å². The Morgan fingerprint density at radius 3 is 2.17 bits per heavy atom. The normalized spacial score (nSPS) is 21.3. The summed E-state index contributed by atoms with van der Waals surface area (Å²) in [7, 11) is -2.89. The highest BCUT2D eigenvalue weighted by Crippen LogP contribution is 2.45. The molecule has 3 nitrogen and oxygen atoms in total. The van der Waals surface area contributed by atoms with E-state index in [4.69, 9.17) is 5.73 Å². The van der Waals surface area contributed by atoms with Gasteiger partial charge in [0.25, 0.3) is 0 Å². The first-order chi connectivity index (χ1) is 5.42. The van der Waals surface area contributed by atoms with E-state index in [1.54, 1.807) is 13.8 Å². The molecule has 0 atom stereocenters. The van der Waals surface area contributed by atoms with Gasteiger partial charge in [0.15, 0.2) is 9.84 Å². The van der Waals surface area contributed by atoms with Crippen molar-refractivity contribution in [2.45, 2.75) is 31.9 Å². The first-order valence-electron chi connectivity index (χ1n) is 4.33. The van der Waals surface area contributed by atoms with Gasteiger partial charge in [-0.05, 0) is 38.6 Å². The Morgan fingerprint density at radius 2 is 1.92 bits per heavy atom. The van der Waals surface area contributed by atoms with Crippen molar-refractivity contribution in [3.8, 4) is 0 Å². The minimum Gasteiger partial charge on any atom is -0.330 e. The summed E-state index contributed by atoms with van der Waals surface area (Å²) in [6.07, 6.45) is 1.96. The summed E-state index contributed by atoms with van der Waals surface area (Å²) >= 11 is 0. The summed E-state index contributed by atoms with van der Waals surface area (Å²) in [6.45, 7) is 3.96. The zero-order valence-corrected chi connectivity index (χ0v) is 8.52. The highest BCUT2D eigenvalue weighted by molar-refractivity contribution is 7.92. The van der Waals surface area contributed by atoms with Crippen LogP contribution in [0.5, 0.6) is 0 Å². The molecule has 4 heteroatoms. The molecule has 0 aliphatic heterocycles. The van der Waals surface area contributed by atoms with Crippen LogP contribution in [0.15, 0.2) is 0 Å². The molecular weight excluding hydrogens is 174 g/mol. The number of nitrogens with two attached hydrogens (primary N) is 1. The second-order valence-corrected chi connectivity index (χ2v) is 6.62. The van der Waals surface area contributed by atoms with E-state index in [-0.39, 0.29) is 16.4 Å². The topological polar surface area (TPSA) is 60.2 Å². The van der Waals surface area contributed by atoms with Gasteiger partial charge in [-0.15, -0.1) is 0 Å². The molecule has 1 aliphatic rings. The maximum Gasteiger partial charge on any atom is 0.153 e. The highest BCUT2D eigenvalue weighted by atomic mass is 32.2. The zero-order valence-electron chi connectivity index (χ0n) is 7.71. The van der Waals surface area contributed by atoms with Crippen LogP contribution in [0.3, 0.4) is 0 Å². The van der Waals surface area contributed by atoms with Gasteiger partial charge in [-0.3, -0.25) is 0 Å². The third kappa shape index (κ3) is 1.98. The second-order valence-electron chi connectivity index (χ2n) is 4.06. The largest absolute Gasteiger partial charge is 0.330 e. The summed E-state index contributed by atoms with van der Waals surface area (Å²) < 4.78 is 23.0. The highest BCUT2D eigenvalue weighted by Gasteiger charge is 2.45. The second kappa shape index (κ2) is 3.00. The van der Waals surface area contributed by atoms with Gasteiger partial charge in [0.2, 0.25) is 0 Å². The molecule has 0 bridgehead atoms. The third-order valence-electron chi connectivity index (χ3n) is 2.62. The molecule has 0 saturated heterocycles. The summed E-state index contributed by atoms with van der Waals surface area (Å²) in [5, 5.41) is -0.262. The number of hydrogen-bond donors (Lipinski definition) is 1. The van der Waals surface area contributed by atoms with Crippen molar-refractivity contribution in [3.05, 3.63) is 0 Å². The maximum absolute atomic E-state index is 11.5. The van der Waals surface area contributed by atoms with Crippen molar-refractivity contribution < 1.29 is 8.42 Å². The lowest BCUT2D eigenvalue weighted by atomic mass is 10.1. The molecule has 0 heterocycles. The van der Waals surface area contributed by atoms with Crippen LogP contribution in [0, 0.1) is 5.41 Å². The Labute approximate surface area is 74.3 Å². The molecule has 0 radical (unpaired) electrons. The SMILES string of the molecule is CC(C)S(=O)(=O)CC1(CN)CC1. The van der Waals surface area contributed by atoms with Crippen molar-refractivity contribution in [1.82, 2.24) is 0 Å². The van der Waals surface area contributed by atoms with Crippen LogP contribution in [0.25, 0.3) is 0 Å². The molecule has 1 aliphatic carbocycles. The molecule has 1 saturated carbocycles. The first-order valence-corrected chi connectivity index (χ1v) is 6.05. The van der Waals surface area contributed by atoms with Gasteiger partial charge in [0, 0.05) is 0 Å². The monoisotopic (exact) mass is 191 g/mol. The van der Waals surface area contributed by atoms with Crippen LogP contribution in [-0.2, 0) is 9.84 Å². The lowest BCUT2D eigenvalue weighted by molar-refractivity contribution is 0.541. The fourth-order valence-electron chi connectivity index (χ4n) is 1.18. The van der Waals surface area contributed by atoms with E-state index < -0.39 is 9.84 Å². The van der Waals surface area contributed by atoms with E-state index in [0.29, 0.717) is 6.54 Å². The van der Waals surface area contributed by atoms with Crippen LogP contribution in [0.2, 0.25) is 0 Å². The smallest absolute Gasteiger partial charge is 0.153 e. The quantitative estimate of drug-likeness (QED) is 0.706. The maximum atomic E-state index is 11.5. The molecule has 0 aromatic heterocycles. The lowest BCUT2D eigenvalue weighted by Gasteiger charge is -2.14. The van der Waals surface area contributed by atoms with E-state index in [1.807, 2.05) is 0 Å². The van der Waals surface area contributed by atoms with Crippen molar-refractivity contribution >= 4 is 9.84 Å². The Bertz CT molecular complexity index is 252. The number of rotatable bonds is 4. The van der Waals surface area contributed by atoms with Crippen LogP contribution < -0.4 is 5.73 Å². The van der Waals surface area contributed by atoms with Crippen molar-refractivity contribution in [3.63, 3.8) is 0 Å². The van der Waals surface area contributed by atoms with Crippen molar-refractivity contribution in [2.24, 2.45) is 11.1 Å². The zero-order chi connectivity index (χ0) is 9.41. The van der Waals surface area contributed by atoms with Gasteiger partial charge in [-0.25, -0.2) is 8.42 Å². The molecule has 0 aromatic rings. The molecule has 72 valence electrons. The molecule has 0 amide bonds. The van der Waals surface area contributed by atoms with Gasteiger partial charge >= 0.3 is 0 Å². The molecule has 0 unspecified atom stereocenters. The Kier molecular flexibility index (Phi) is 2.50. The fraction of sp³-hybridized carbons (Fsp3) is 1.00. The summed E-state index contributed by atoms with van der Waals surface area (Å²) in [4.78, 5) is 0. The average molecular weight is 191 g/mol. The van der Waals surface area contributed by atoms with E-state index in [1.165, 1.54) is 0 Å². The van der Waals surface area contributed by atoms with Gasteiger partial charge in [0.1, 0.15) is 0 Å². The van der Waals surface area contributed by atoms with Crippen LogP contribution in [0.4, 0.5) is 0 Å². The number of sulfone groups is 1. The molecule has 0 aromatic carbocycles. The van der Waals surface area contributed by atoms with E-state index in [2.05, 4.69) is 0 Å². The summed E-state index contributed by atoms with van der Waals surface area (Å²) in [6, 6.07) is 0. The van der Waals surface area contributed by atoms with Crippen molar-refractivity contribution in [1.29, 1.82) is 0 Å². The summed E-state index contributed by atoms with van der Waals surface area (Å²) in [5.41, 5.74) is 5.46. The minimum atomic E-state index is -2.89. The first kappa shape index (κ1) is 9.99. The Hall–Kier alpha value is -0.0900. The third-order valence-corrected chi connectivity index (χ3v) is 5.07. The molecule has 12 heavy (non-hydrogen) atoms. The molecular formula is C8H17NO2S.